The molecule has 1 heterocycles. The van der Waals surface area contributed by atoms with E-state index in [1.54, 1.807) is 30.6 Å². The van der Waals surface area contributed by atoms with Crippen molar-refractivity contribution >= 4 is 31.7 Å². The lowest BCUT2D eigenvalue weighted by molar-refractivity contribution is -0.743. The van der Waals surface area contributed by atoms with Gasteiger partial charge in [-0.25, -0.2) is 8.42 Å². The number of hydrogen-bond donors (Lipinski definition) is 0. The van der Waals surface area contributed by atoms with Crippen molar-refractivity contribution in [3.63, 3.8) is 0 Å². The van der Waals surface area contributed by atoms with Crippen LogP contribution in [0.15, 0.2) is 53.4 Å². The summed E-state index contributed by atoms with van der Waals surface area (Å²) in [6.45, 7) is 11.5. The standard InChI is InChI=1S/C17H26NO4S.C7H8O3S/c1-11(20-14(4)22-15(5)21-13(3)19-6)18-12(2)23-17-10-8-7-9-16(17)18;1-6-2-4-7(5-3-6)11(8,9)10/h7-11,13-15H,1-6H3;2-5H,1H3,(H,8,9,10)/q+1;/p-1. The summed E-state index contributed by atoms with van der Waals surface area (Å²) in [7, 11) is -2.67. The van der Waals surface area contributed by atoms with Gasteiger partial charge < -0.3 is 18.8 Å². The molecule has 0 fully saturated rings. The normalized spacial score (nSPS) is 15.3. The second-order valence-electron chi connectivity index (χ2n) is 7.67. The number of aromatic nitrogens is 1. The van der Waals surface area contributed by atoms with Crippen molar-refractivity contribution in [2.45, 2.75) is 71.5 Å². The number of rotatable bonds is 9. The Morgan fingerprint density at radius 1 is 0.853 bits per heavy atom. The van der Waals surface area contributed by atoms with Crippen molar-refractivity contribution < 1.29 is 36.5 Å². The maximum Gasteiger partial charge on any atom is 0.263 e. The third-order valence-corrected chi connectivity index (χ3v) is 6.79. The fraction of sp³-hybridized carbons (Fsp3) is 0.458. The second-order valence-corrected chi connectivity index (χ2v) is 10.3. The molecule has 188 valence electrons. The van der Waals surface area contributed by atoms with Gasteiger partial charge in [-0.05, 0) is 45.9 Å². The van der Waals surface area contributed by atoms with Crippen molar-refractivity contribution in [3.8, 4) is 0 Å². The Bertz CT molecular complexity index is 1150. The molecule has 10 heteroatoms. The van der Waals surface area contributed by atoms with Gasteiger partial charge in [0.05, 0.1) is 4.90 Å². The van der Waals surface area contributed by atoms with Gasteiger partial charge in [0.15, 0.2) is 18.9 Å². The van der Waals surface area contributed by atoms with Gasteiger partial charge in [0.1, 0.15) is 14.8 Å². The zero-order chi connectivity index (χ0) is 25.5. The quantitative estimate of drug-likeness (QED) is 0.234. The van der Waals surface area contributed by atoms with Gasteiger partial charge in [-0.3, -0.25) is 4.74 Å². The van der Waals surface area contributed by atoms with Gasteiger partial charge >= 0.3 is 0 Å². The molecular weight excluding hydrogens is 478 g/mol. The SMILES string of the molecule is COC(C)OC(C)OC(C)OC(C)[n+]1c(C)sc2ccccc21.Cc1ccc(S(=O)(=O)[O-])cc1. The molecule has 0 amide bonds. The van der Waals surface area contributed by atoms with Crippen LogP contribution in [-0.4, -0.2) is 39.0 Å². The molecule has 0 aliphatic heterocycles. The van der Waals surface area contributed by atoms with Crippen LogP contribution in [0.25, 0.3) is 10.2 Å². The maximum atomic E-state index is 10.4. The van der Waals surface area contributed by atoms with E-state index in [2.05, 4.69) is 29.7 Å². The van der Waals surface area contributed by atoms with Crippen LogP contribution in [0.3, 0.4) is 0 Å². The molecule has 0 N–H and O–H groups in total. The summed E-state index contributed by atoms with van der Waals surface area (Å²) in [4.78, 5) is -0.178. The number of para-hydroxylation sites is 1. The minimum absolute atomic E-state index is 0.131. The van der Waals surface area contributed by atoms with Crippen LogP contribution in [-0.2, 0) is 29.1 Å². The molecule has 1 aromatic heterocycles. The lowest BCUT2D eigenvalue weighted by atomic mass is 10.2. The van der Waals surface area contributed by atoms with Gasteiger partial charge in [-0.2, -0.15) is 4.57 Å². The molecule has 3 rings (SSSR count). The number of hydrogen-bond acceptors (Lipinski definition) is 8. The number of aryl methyl sites for hydroxylation is 2. The van der Waals surface area contributed by atoms with Crippen molar-refractivity contribution in [2.24, 2.45) is 0 Å². The molecule has 0 saturated heterocycles. The van der Waals surface area contributed by atoms with E-state index in [0.717, 1.165) is 5.56 Å². The van der Waals surface area contributed by atoms with Crippen LogP contribution >= 0.6 is 11.3 Å². The highest BCUT2D eigenvalue weighted by Gasteiger charge is 2.26. The van der Waals surface area contributed by atoms with E-state index in [9.17, 15) is 13.0 Å². The van der Waals surface area contributed by atoms with Gasteiger partial charge in [0, 0.05) is 27.0 Å². The largest absolute Gasteiger partial charge is 0.744 e. The molecule has 0 aliphatic rings. The topological polar surface area (TPSA) is 98.0 Å². The second kappa shape index (κ2) is 12.7. The Hall–Kier alpha value is -1.92. The predicted molar refractivity (Wildman–Crippen MR) is 129 cm³/mol. The van der Waals surface area contributed by atoms with Crippen molar-refractivity contribution in [1.29, 1.82) is 0 Å². The van der Waals surface area contributed by atoms with E-state index >= 15 is 0 Å². The first kappa shape index (κ1) is 28.3. The van der Waals surface area contributed by atoms with Crippen molar-refractivity contribution in [1.82, 2.24) is 0 Å². The average Bonchev–Trinajstić information content (AvgIpc) is 3.09. The van der Waals surface area contributed by atoms with E-state index in [0.29, 0.717) is 0 Å². The highest BCUT2D eigenvalue weighted by molar-refractivity contribution is 7.85. The fourth-order valence-corrected chi connectivity index (χ4v) is 4.83. The van der Waals surface area contributed by atoms with E-state index in [4.69, 9.17) is 18.9 Å². The molecule has 0 radical (unpaired) electrons. The summed E-state index contributed by atoms with van der Waals surface area (Å²) in [5.41, 5.74) is 2.10. The lowest BCUT2D eigenvalue weighted by Crippen LogP contribution is -2.42. The first-order valence-corrected chi connectivity index (χ1v) is 13.1. The number of fused-ring (bicyclic) bond motifs is 1. The molecule has 34 heavy (non-hydrogen) atoms. The molecular formula is C24H33NO7S2. The Morgan fingerprint density at radius 3 is 2.00 bits per heavy atom. The molecule has 2 aromatic carbocycles. The molecule has 0 bridgehead atoms. The van der Waals surface area contributed by atoms with Crippen LogP contribution in [0.2, 0.25) is 0 Å². The maximum absolute atomic E-state index is 10.4. The first-order valence-electron chi connectivity index (χ1n) is 10.8. The Balaban J connectivity index is 0.000000310. The molecule has 8 nitrogen and oxygen atoms in total. The minimum atomic E-state index is -4.27. The molecule has 4 atom stereocenters. The summed E-state index contributed by atoms with van der Waals surface area (Å²) < 4.78 is 56.9. The van der Waals surface area contributed by atoms with Gasteiger partial charge in [0.2, 0.25) is 10.5 Å². The van der Waals surface area contributed by atoms with Gasteiger partial charge in [0.25, 0.3) is 6.23 Å². The molecule has 0 aliphatic carbocycles. The number of methoxy groups -OCH3 is 1. The number of nitrogens with zero attached hydrogens (tertiary/aromatic N) is 1. The van der Waals surface area contributed by atoms with Crippen molar-refractivity contribution in [3.05, 3.63) is 59.1 Å². The van der Waals surface area contributed by atoms with E-state index < -0.39 is 22.7 Å². The predicted octanol–water partition coefficient (Wildman–Crippen LogP) is 4.65. The third kappa shape index (κ3) is 8.38. The van der Waals surface area contributed by atoms with Gasteiger partial charge in [-0.1, -0.05) is 41.2 Å². The summed E-state index contributed by atoms with van der Waals surface area (Å²) >= 11 is 1.76. The number of benzene rings is 2. The smallest absolute Gasteiger partial charge is 0.263 e. The van der Waals surface area contributed by atoms with Crippen LogP contribution in [0.1, 0.15) is 44.5 Å². The summed E-state index contributed by atoms with van der Waals surface area (Å²) in [6.07, 6.45) is -1.24. The van der Waals surface area contributed by atoms with Crippen LogP contribution < -0.4 is 4.57 Å². The molecule has 3 aromatic rings. The summed E-state index contributed by atoms with van der Waals surface area (Å²) in [5, 5.41) is 1.20. The number of thiazole rings is 1. The monoisotopic (exact) mass is 511 g/mol. The number of ether oxygens (including phenoxy) is 4. The molecule has 0 spiro atoms. The Labute approximate surface area is 205 Å². The summed E-state index contributed by atoms with van der Waals surface area (Å²) in [5.74, 6) is 0. The molecule has 0 saturated carbocycles. The Kier molecular flexibility index (Phi) is 10.6. The first-order chi connectivity index (χ1) is 15.9. The fourth-order valence-electron chi connectivity index (χ4n) is 3.27. The lowest BCUT2D eigenvalue weighted by Gasteiger charge is -2.23. The van der Waals surface area contributed by atoms with Crippen LogP contribution in [0, 0.1) is 13.8 Å². The van der Waals surface area contributed by atoms with Crippen molar-refractivity contribution in [2.75, 3.05) is 7.11 Å². The van der Waals surface area contributed by atoms with E-state index in [-0.39, 0.29) is 17.4 Å². The minimum Gasteiger partial charge on any atom is -0.744 e. The Morgan fingerprint density at radius 2 is 1.41 bits per heavy atom. The highest BCUT2D eigenvalue weighted by atomic mass is 32.2. The zero-order valence-electron chi connectivity index (χ0n) is 20.5. The zero-order valence-corrected chi connectivity index (χ0v) is 22.2. The van der Waals surface area contributed by atoms with E-state index in [1.165, 1.54) is 27.4 Å². The van der Waals surface area contributed by atoms with Gasteiger partial charge in [-0.15, -0.1) is 0 Å². The van der Waals surface area contributed by atoms with Crippen LogP contribution in [0.4, 0.5) is 0 Å². The highest BCUT2D eigenvalue weighted by Crippen LogP contribution is 2.22. The third-order valence-electron chi connectivity index (χ3n) is 4.88. The summed E-state index contributed by atoms with van der Waals surface area (Å²) in [6, 6.07) is 14.1. The van der Waals surface area contributed by atoms with Crippen LogP contribution in [0.5, 0.6) is 0 Å². The molecule has 4 unspecified atom stereocenters. The average molecular weight is 512 g/mol. The van der Waals surface area contributed by atoms with E-state index in [1.807, 2.05) is 40.7 Å².